The zero-order valence-corrected chi connectivity index (χ0v) is 27.4. The zero-order valence-electron chi connectivity index (χ0n) is 27.4. The monoisotopic (exact) mass is 620 g/mol. The molecule has 0 unspecified atom stereocenters. The van der Waals surface area contributed by atoms with Gasteiger partial charge in [-0.15, -0.1) is 0 Å². The summed E-state index contributed by atoms with van der Waals surface area (Å²) in [5, 5.41) is 4.39. The minimum atomic E-state index is -0.911. The van der Waals surface area contributed by atoms with Crippen LogP contribution in [-0.2, 0) is 11.0 Å². The third-order valence-electron chi connectivity index (χ3n) is 10.1. The van der Waals surface area contributed by atoms with Gasteiger partial charge in [-0.3, -0.25) is 0 Å². The molecule has 234 valence electrons. The second-order valence-electron chi connectivity index (χ2n) is 12.7. The summed E-state index contributed by atoms with van der Waals surface area (Å²) in [6.07, 6.45) is 4.46. The standard InChI is InChI=1S/C42H36O5/c1-41(2)35-24-36(46-6)30-9-7-8-10-31(30)37(35)38-33-21-22-42(25-11-15-27(43-3)16-12-25,26-13-17-28(44-4)18-14-26)47-40(33)32-20-19-29(45-5)23-34(32)39(38)41/h7-24H,1-6H3. The highest BCUT2D eigenvalue weighted by Gasteiger charge is 2.45. The number of rotatable bonds is 6. The number of hydrogen-bond donors (Lipinski definition) is 0. The van der Waals surface area contributed by atoms with Gasteiger partial charge >= 0.3 is 0 Å². The SMILES string of the molecule is COc1ccc(C2(c3ccc(OC)cc3)C=Cc3c4c(c5cc(OC)ccc5c3O2)C(C)(C)c2cc(OC)c3ccccc3c2-4)cc1. The van der Waals surface area contributed by atoms with E-state index in [-0.39, 0.29) is 5.41 Å². The molecule has 0 aromatic heterocycles. The van der Waals surface area contributed by atoms with Crippen LogP contribution in [0.3, 0.4) is 0 Å². The van der Waals surface area contributed by atoms with Gasteiger partial charge in [0.05, 0.1) is 28.4 Å². The average molecular weight is 621 g/mol. The summed E-state index contributed by atoms with van der Waals surface area (Å²) in [5.74, 6) is 4.09. The van der Waals surface area contributed by atoms with E-state index in [9.17, 15) is 0 Å². The van der Waals surface area contributed by atoms with E-state index in [0.29, 0.717) is 0 Å². The number of benzene rings is 6. The van der Waals surface area contributed by atoms with E-state index in [1.54, 1.807) is 28.4 Å². The van der Waals surface area contributed by atoms with Gasteiger partial charge in [0, 0.05) is 32.9 Å². The Balaban J connectivity index is 1.48. The van der Waals surface area contributed by atoms with Crippen molar-refractivity contribution in [3.05, 3.63) is 131 Å². The minimum absolute atomic E-state index is 0.323. The maximum Gasteiger partial charge on any atom is 0.178 e. The molecule has 0 saturated heterocycles. The van der Waals surface area contributed by atoms with Crippen LogP contribution in [0, 0.1) is 0 Å². The maximum atomic E-state index is 7.46. The Bertz CT molecular complexity index is 2180. The fourth-order valence-corrected chi connectivity index (χ4v) is 7.72. The van der Waals surface area contributed by atoms with Crippen LogP contribution in [0.5, 0.6) is 28.7 Å². The molecule has 0 atom stereocenters. The summed E-state index contributed by atoms with van der Waals surface area (Å²) in [6.45, 7) is 4.62. The normalized spacial score (nSPS) is 15.0. The van der Waals surface area contributed by atoms with Gasteiger partial charge in [-0.1, -0.05) is 62.4 Å². The second-order valence-corrected chi connectivity index (χ2v) is 12.7. The maximum absolute atomic E-state index is 7.46. The predicted octanol–water partition coefficient (Wildman–Crippen LogP) is 9.68. The number of methoxy groups -OCH3 is 4. The summed E-state index contributed by atoms with van der Waals surface area (Å²) in [7, 11) is 6.83. The molecule has 0 saturated carbocycles. The van der Waals surface area contributed by atoms with Crippen molar-refractivity contribution < 1.29 is 23.7 Å². The van der Waals surface area contributed by atoms with E-state index >= 15 is 0 Å². The van der Waals surface area contributed by atoms with E-state index < -0.39 is 5.60 Å². The Hall–Kier alpha value is -5.42. The van der Waals surface area contributed by atoms with Crippen molar-refractivity contribution in [3.63, 3.8) is 0 Å². The van der Waals surface area contributed by atoms with E-state index in [0.717, 1.165) is 67.0 Å². The highest BCUT2D eigenvalue weighted by atomic mass is 16.5. The van der Waals surface area contributed by atoms with E-state index in [1.165, 1.54) is 22.3 Å². The molecule has 8 rings (SSSR count). The molecule has 6 aromatic rings. The van der Waals surface area contributed by atoms with Crippen LogP contribution in [0.15, 0.2) is 103 Å². The highest BCUT2D eigenvalue weighted by Crippen LogP contribution is 2.60. The van der Waals surface area contributed by atoms with Gasteiger partial charge < -0.3 is 23.7 Å². The van der Waals surface area contributed by atoms with Crippen LogP contribution in [-0.4, -0.2) is 28.4 Å². The van der Waals surface area contributed by atoms with Crippen molar-refractivity contribution in [2.24, 2.45) is 0 Å². The first-order valence-corrected chi connectivity index (χ1v) is 15.8. The van der Waals surface area contributed by atoms with Gasteiger partial charge in [-0.05, 0) is 93.7 Å². The molecule has 0 N–H and O–H groups in total. The Morgan fingerprint density at radius 3 is 1.74 bits per heavy atom. The molecule has 1 heterocycles. The lowest BCUT2D eigenvalue weighted by molar-refractivity contribution is 0.163. The smallest absolute Gasteiger partial charge is 0.178 e. The molecule has 47 heavy (non-hydrogen) atoms. The molecule has 2 aliphatic rings. The molecule has 5 nitrogen and oxygen atoms in total. The predicted molar refractivity (Wildman–Crippen MR) is 189 cm³/mol. The minimum Gasteiger partial charge on any atom is -0.497 e. The Morgan fingerprint density at radius 2 is 1.15 bits per heavy atom. The summed E-state index contributed by atoms with van der Waals surface area (Å²) in [4.78, 5) is 0. The molecule has 6 aromatic carbocycles. The van der Waals surface area contributed by atoms with E-state index in [2.05, 4.69) is 92.7 Å². The lowest BCUT2D eigenvalue weighted by Crippen LogP contribution is -2.34. The van der Waals surface area contributed by atoms with Crippen molar-refractivity contribution in [1.29, 1.82) is 0 Å². The summed E-state index contributed by atoms with van der Waals surface area (Å²) in [6, 6.07) is 33.3. The van der Waals surface area contributed by atoms with Crippen LogP contribution >= 0.6 is 0 Å². The molecule has 0 fully saturated rings. The Labute approximate surface area is 274 Å². The summed E-state index contributed by atoms with van der Waals surface area (Å²) in [5.41, 5.74) is 6.71. The lowest BCUT2D eigenvalue weighted by Gasteiger charge is -2.38. The van der Waals surface area contributed by atoms with E-state index in [4.69, 9.17) is 23.7 Å². The van der Waals surface area contributed by atoms with Crippen LogP contribution in [0.2, 0.25) is 0 Å². The van der Waals surface area contributed by atoms with Crippen molar-refractivity contribution in [1.82, 2.24) is 0 Å². The first kappa shape index (κ1) is 29.0. The summed E-state index contributed by atoms with van der Waals surface area (Å²) < 4.78 is 30.3. The van der Waals surface area contributed by atoms with Crippen LogP contribution in [0.4, 0.5) is 0 Å². The first-order valence-electron chi connectivity index (χ1n) is 15.8. The van der Waals surface area contributed by atoms with Crippen molar-refractivity contribution in [3.8, 4) is 39.9 Å². The molecule has 0 amide bonds. The molecule has 0 bridgehead atoms. The van der Waals surface area contributed by atoms with Gasteiger partial charge in [0.25, 0.3) is 0 Å². The molecular weight excluding hydrogens is 584 g/mol. The Morgan fingerprint density at radius 1 is 0.553 bits per heavy atom. The fraction of sp³-hybridized carbons (Fsp3) is 0.190. The van der Waals surface area contributed by atoms with Crippen molar-refractivity contribution in [2.45, 2.75) is 24.9 Å². The van der Waals surface area contributed by atoms with E-state index in [1.807, 2.05) is 30.3 Å². The third-order valence-corrected chi connectivity index (χ3v) is 10.1. The molecule has 0 radical (unpaired) electrons. The molecule has 5 heteroatoms. The number of hydrogen-bond acceptors (Lipinski definition) is 5. The lowest BCUT2D eigenvalue weighted by atomic mass is 9.78. The fourth-order valence-electron chi connectivity index (χ4n) is 7.72. The summed E-state index contributed by atoms with van der Waals surface area (Å²) >= 11 is 0. The first-order chi connectivity index (χ1) is 22.8. The second kappa shape index (κ2) is 10.6. The number of ether oxygens (including phenoxy) is 5. The topological polar surface area (TPSA) is 46.2 Å². The van der Waals surface area contributed by atoms with Crippen LogP contribution in [0.25, 0.3) is 38.7 Å². The quantitative estimate of drug-likeness (QED) is 0.186. The molecule has 1 aliphatic carbocycles. The third kappa shape index (κ3) is 4.09. The Kier molecular flexibility index (Phi) is 6.52. The molecule has 0 spiro atoms. The highest BCUT2D eigenvalue weighted by molar-refractivity contribution is 6.13. The van der Waals surface area contributed by atoms with Gasteiger partial charge in [0.15, 0.2) is 5.60 Å². The van der Waals surface area contributed by atoms with Crippen LogP contribution in [0.1, 0.15) is 41.7 Å². The average Bonchev–Trinajstić information content (AvgIpc) is 3.37. The largest absolute Gasteiger partial charge is 0.497 e. The van der Waals surface area contributed by atoms with Gasteiger partial charge in [-0.2, -0.15) is 0 Å². The molecule has 1 aliphatic heterocycles. The molecular formula is C42H36O5. The zero-order chi connectivity index (χ0) is 32.5. The van der Waals surface area contributed by atoms with Gasteiger partial charge in [0.1, 0.15) is 28.7 Å². The van der Waals surface area contributed by atoms with Crippen molar-refractivity contribution in [2.75, 3.05) is 28.4 Å². The van der Waals surface area contributed by atoms with Crippen molar-refractivity contribution >= 4 is 27.6 Å². The van der Waals surface area contributed by atoms with Gasteiger partial charge in [-0.25, -0.2) is 0 Å². The van der Waals surface area contributed by atoms with Gasteiger partial charge in [0.2, 0.25) is 0 Å². The number of fused-ring (bicyclic) bond motifs is 10. The van der Waals surface area contributed by atoms with Crippen LogP contribution < -0.4 is 23.7 Å².